The van der Waals surface area contributed by atoms with Crippen LogP contribution in [0, 0.1) is 5.92 Å². The monoisotopic (exact) mass is 163 g/mol. The molecule has 0 radical (unpaired) electrons. The van der Waals surface area contributed by atoms with Gasteiger partial charge in [-0.05, 0) is 0 Å². The van der Waals surface area contributed by atoms with Crippen LogP contribution >= 0.6 is 0 Å². The van der Waals surface area contributed by atoms with Gasteiger partial charge in [0.15, 0.2) is 0 Å². The molecule has 1 aliphatic heterocycles. The van der Waals surface area contributed by atoms with Crippen molar-refractivity contribution in [3.8, 4) is 0 Å². The summed E-state index contributed by atoms with van der Waals surface area (Å²) in [6.45, 7) is 0. The van der Waals surface area contributed by atoms with Crippen LogP contribution in [0.2, 0.25) is 0 Å². The average molecular weight is 163 g/mol. The summed E-state index contributed by atoms with van der Waals surface area (Å²) in [4.78, 5) is 21.0. The molecule has 0 aromatic heterocycles. The Balaban J connectivity index is 2.56. The van der Waals surface area contributed by atoms with E-state index in [1.54, 1.807) is 0 Å². The first-order valence-electron chi connectivity index (χ1n) is 3.20. The van der Waals surface area contributed by atoms with Crippen LogP contribution in [0.1, 0.15) is 12.8 Å². The van der Waals surface area contributed by atoms with Gasteiger partial charge in [-0.2, -0.15) is 0 Å². The largest absolute Gasteiger partial charge is 0.296 e. The third-order valence-electron chi connectivity index (χ3n) is 1.53. The van der Waals surface area contributed by atoms with Crippen molar-refractivity contribution in [2.24, 2.45) is 5.92 Å². The number of carbonyl (C=O) groups excluding carboxylic acids is 2. The molecule has 62 valence electrons. The smallest absolute Gasteiger partial charge is 0.242 e. The lowest BCUT2D eigenvalue weighted by Crippen LogP contribution is -2.40. The van der Waals surface area contributed by atoms with E-state index in [1.165, 1.54) is 0 Å². The van der Waals surface area contributed by atoms with Gasteiger partial charge in [-0.15, -0.1) is 0 Å². The van der Waals surface area contributed by atoms with Crippen LogP contribution in [-0.2, 0) is 9.59 Å². The molecule has 5 heteroatoms. The molecule has 0 unspecified atom stereocenters. The molecule has 2 amide bonds. The fourth-order valence-corrected chi connectivity index (χ4v) is 0.984. The van der Waals surface area contributed by atoms with Gasteiger partial charge >= 0.3 is 0 Å². The highest BCUT2D eigenvalue weighted by molar-refractivity contribution is 5.97. The fraction of sp³-hybridized carbons (Fsp3) is 0.667. The Hall–Kier alpha value is -1.00. The number of rotatable bonds is 1. The molecule has 3 nitrogen and oxygen atoms in total. The zero-order valence-electron chi connectivity index (χ0n) is 5.64. The molecule has 0 bridgehead atoms. The summed E-state index contributed by atoms with van der Waals surface area (Å²) in [5.74, 6) is -2.30. The van der Waals surface area contributed by atoms with E-state index in [-0.39, 0.29) is 12.8 Å². The van der Waals surface area contributed by atoms with Gasteiger partial charge in [0.05, 0.1) is 0 Å². The first kappa shape index (κ1) is 8.10. The van der Waals surface area contributed by atoms with Gasteiger partial charge in [0, 0.05) is 18.8 Å². The van der Waals surface area contributed by atoms with E-state index in [1.807, 2.05) is 5.32 Å². The molecule has 0 spiro atoms. The van der Waals surface area contributed by atoms with Gasteiger partial charge in [-0.1, -0.05) is 0 Å². The third kappa shape index (κ3) is 1.96. The number of hydrogen-bond acceptors (Lipinski definition) is 2. The van der Waals surface area contributed by atoms with Gasteiger partial charge in [0.1, 0.15) is 0 Å². The van der Waals surface area contributed by atoms with Gasteiger partial charge < -0.3 is 0 Å². The molecule has 0 aliphatic carbocycles. The first-order chi connectivity index (χ1) is 5.09. The summed E-state index contributed by atoms with van der Waals surface area (Å²) in [6.07, 6.45) is -3.07. The predicted molar refractivity (Wildman–Crippen MR) is 31.9 cm³/mol. The Morgan fingerprint density at radius 2 is 1.73 bits per heavy atom. The summed E-state index contributed by atoms with van der Waals surface area (Å²) in [6, 6.07) is 0. The fourth-order valence-electron chi connectivity index (χ4n) is 0.984. The lowest BCUT2D eigenvalue weighted by atomic mass is 9.98. The Bertz CT molecular complexity index is 177. The number of amides is 2. The van der Waals surface area contributed by atoms with E-state index in [0.29, 0.717) is 0 Å². The molecular weight excluding hydrogens is 156 g/mol. The van der Waals surface area contributed by atoms with Crippen LogP contribution in [0.3, 0.4) is 0 Å². The zero-order valence-corrected chi connectivity index (χ0v) is 5.64. The topological polar surface area (TPSA) is 46.2 Å². The van der Waals surface area contributed by atoms with E-state index < -0.39 is 24.2 Å². The SMILES string of the molecule is O=C1CC(C(F)F)CC(=O)N1. The maximum Gasteiger partial charge on any atom is 0.242 e. The lowest BCUT2D eigenvalue weighted by Gasteiger charge is -2.19. The van der Waals surface area contributed by atoms with Crippen LogP contribution in [0.25, 0.3) is 0 Å². The first-order valence-corrected chi connectivity index (χ1v) is 3.20. The summed E-state index contributed by atoms with van der Waals surface area (Å²) in [5.41, 5.74) is 0. The predicted octanol–water partition coefficient (Wildman–Crippen LogP) is 0.304. The van der Waals surface area contributed by atoms with Crippen molar-refractivity contribution in [3.63, 3.8) is 0 Å². The lowest BCUT2D eigenvalue weighted by molar-refractivity contribution is -0.137. The van der Waals surface area contributed by atoms with Crippen LogP contribution < -0.4 is 5.32 Å². The normalized spacial score (nSPS) is 20.6. The number of nitrogens with one attached hydrogen (secondary N) is 1. The minimum atomic E-state index is -2.58. The number of alkyl halides is 2. The molecule has 1 rings (SSSR count). The molecule has 0 atom stereocenters. The quantitative estimate of drug-likeness (QED) is 0.565. The van der Waals surface area contributed by atoms with Crippen molar-refractivity contribution in [1.82, 2.24) is 5.32 Å². The van der Waals surface area contributed by atoms with Crippen molar-refractivity contribution < 1.29 is 18.4 Å². The minimum absolute atomic E-state index is 0.247. The van der Waals surface area contributed by atoms with Crippen molar-refractivity contribution in [3.05, 3.63) is 0 Å². The maximum absolute atomic E-state index is 11.9. The Morgan fingerprint density at radius 1 is 1.27 bits per heavy atom. The second kappa shape index (κ2) is 2.94. The van der Waals surface area contributed by atoms with Crippen molar-refractivity contribution in [2.45, 2.75) is 19.3 Å². The van der Waals surface area contributed by atoms with E-state index >= 15 is 0 Å². The van der Waals surface area contributed by atoms with Crippen molar-refractivity contribution >= 4 is 11.8 Å². The van der Waals surface area contributed by atoms with Crippen molar-refractivity contribution in [2.75, 3.05) is 0 Å². The summed E-state index contributed by atoms with van der Waals surface area (Å²) < 4.78 is 23.9. The zero-order chi connectivity index (χ0) is 8.43. The van der Waals surface area contributed by atoms with E-state index in [0.717, 1.165) is 0 Å². The third-order valence-corrected chi connectivity index (χ3v) is 1.53. The molecule has 1 saturated heterocycles. The molecule has 0 saturated carbocycles. The van der Waals surface area contributed by atoms with Gasteiger partial charge in [-0.3, -0.25) is 14.9 Å². The van der Waals surface area contributed by atoms with E-state index in [4.69, 9.17) is 0 Å². The molecular formula is C6H7F2NO2. The van der Waals surface area contributed by atoms with Gasteiger partial charge in [0.25, 0.3) is 0 Å². The average Bonchev–Trinajstić information content (AvgIpc) is 1.85. The number of imide groups is 1. The standard InChI is InChI=1S/C6H7F2NO2/c7-6(8)3-1-4(10)9-5(11)2-3/h3,6H,1-2H2,(H,9,10,11). The number of hydrogen-bond donors (Lipinski definition) is 1. The van der Waals surface area contributed by atoms with Crippen LogP contribution in [-0.4, -0.2) is 18.2 Å². The van der Waals surface area contributed by atoms with Crippen molar-refractivity contribution in [1.29, 1.82) is 0 Å². The minimum Gasteiger partial charge on any atom is -0.296 e. The molecule has 1 heterocycles. The number of halogens is 2. The number of piperidine rings is 1. The molecule has 0 aromatic rings. The van der Waals surface area contributed by atoms with Crippen LogP contribution in [0.5, 0.6) is 0 Å². The summed E-state index contributed by atoms with van der Waals surface area (Å²) >= 11 is 0. The molecule has 1 aliphatic rings. The second-order valence-corrected chi connectivity index (χ2v) is 2.47. The van der Waals surface area contributed by atoms with Crippen LogP contribution in [0.4, 0.5) is 8.78 Å². The number of carbonyl (C=O) groups is 2. The Morgan fingerprint density at radius 3 is 2.09 bits per heavy atom. The van der Waals surface area contributed by atoms with Crippen LogP contribution in [0.15, 0.2) is 0 Å². The molecule has 1 fully saturated rings. The van der Waals surface area contributed by atoms with Gasteiger partial charge in [0.2, 0.25) is 18.2 Å². The molecule has 1 N–H and O–H groups in total. The highest BCUT2D eigenvalue weighted by atomic mass is 19.3. The Labute approximate surface area is 61.8 Å². The highest BCUT2D eigenvalue weighted by Gasteiger charge is 2.31. The van der Waals surface area contributed by atoms with Gasteiger partial charge in [-0.25, -0.2) is 8.78 Å². The van der Waals surface area contributed by atoms with E-state index in [2.05, 4.69) is 0 Å². The highest BCUT2D eigenvalue weighted by Crippen LogP contribution is 2.20. The summed E-state index contributed by atoms with van der Waals surface area (Å²) in [7, 11) is 0. The maximum atomic E-state index is 11.9. The Kier molecular flexibility index (Phi) is 2.16. The molecule has 11 heavy (non-hydrogen) atoms. The molecule has 0 aromatic carbocycles. The summed E-state index contributed by atoms with van der Waals surface area (Å²) in [5, 5.41) is 1.95. The van der Waals surface area contributed by atoms with E-state index in [9.17, 15) is 18.4 Å². The second-order valence-electron chi connectivity index (χ2n) is 2.47.